The highest BCUT2D eigenvalue weighted by Crippen LogP contribution is 2.52. The van der Waals surface area contributed by atoms with Gasteiger partial charge in [0.2, 0.25) is 0 Å². The zero-order valence-electron chi connectivity index (χ0n) is 10.6. The molecule has 0 unspecified atom stereocenters. The molecule has 0 amide bonds. The van der Waals surface area contributed by atoms with Crippen molar-refractivity contribution in [3.8, 4) is 0 Å². The van der Waals surface area contributed by atoms with Gasteiger partial charge in [0.15, 0.2) is 5.54 Å². The summed E-state index contributed by atoms with van der Waals surface area (Å²) in [5, 5.41) is 0. The Bertz CT molecular complexity index is 606. The maximum Gasteiger partial charge on any atom is 0.451 e. The molecular weight excluding hydrogens is 363 g/mol. The normalized spacial score (nSPS) is 30.1. The number of benzene rings is 1. The molecule has 2 rings (SSSR count). The van der Waals surface area contributed by atoms with Crippen molar-refractivity contribution in [1.82, 2.24) is 0 Å². The second-order valence-electron chi connectivity index (χ2n) is 4.68. The number of amidine groups is 1. The molecule has 1 aromatic rings. The second kappa shape index (κ2) is 4.91. The molecule has 0 fully saturated rings. The van der Waals surface area contributed by atoms with E-state index in [1.165, 1.54) is 6.07 Å². The number of nitrogens with zero attached hydrogens (tertiary/aromatic N) is 1. The van der Waals surface area contributed by atoms with Crippen molar-refractivity contribution in [3.63, 3.8) is 0 Å². The van der Waals surface area contributed by atoms with Crippen LogP contribution in [0.1, 0.15) is 12.5 Å². The predicted molar refractivity (Wildman–Crippen MR) is 68.9 cm³/mol. The van der Waals surface area contributed by atoms with Crippen LogP contribution < -0.4 is 5.73 Å². The third-order valence-corrected chi connectivity index (χ3v) is 3.72. The molecule has 1 heterocycles. The molecule has 21 heavy (non-hydrogen) atoms. The summed E-state index contributed by atoms with van der Waals surface area (Å²) in [6, 6.07) is 3.19. The smallest absolute Gasteiger partial charge is 0.385 e. The molecule has 3 nitrogen and oxygen atoms in total. The molecule has 0 saturated carbocycles. The van der Waals surface area contributed by atoms with Crippen molar-refractivity contribution in [2.24, 2.45) is 10.7 Å². The minimum Gasteiger partial charge on any atom is -0.385 e. The van der Waals surface area contributed by atoms with Gasteiger partial charge >= 0.3 is 12.0 Å². The molecule has 1 aliphatic heterocycles. The minimum atomic E-state index is -5.42. The Morgan fingerprint density at radius 2 is 2.00 bits per heavy atom. The molecule has 0 spiro atoms. The molecule has 9 heteroatoms. The molecule has 2 N–H and O–H groups in total. The lowest BCUT2D eigenvalue weighted by Crippen LogP contribution is -2.61. The molecule has 0 bridgehead atoms. The SMILES string of the molecule is C[C@@]1(c2cc(Br)ccc2F)N=C(N)CO[C@@]1(F)C(F)(F)F. The van der Waals surface area contributed by atoms with Gasteiger partial charge in [-0.1, -0.05) is 15.9 Å². The van der Waals surface area contributed by atoms with Crippen molar-refractivity contribution in [2.45, 2.75) is 24.5 Å². The molecule has 0 saturated heterocycles. The molecule has 0 radical (unpaired) electrons. The number of nitrogens with two attached hydrogens (primary N) is 1. The maximum absolute atomic E-state index is 14.6. The summed E-state index contributed by atoms with van der Waals surface area (Å²) in [6.07, 6.45) is -5.42. The van der Waals surface area contributed by atoms with Gasteiger partial charge < -0.3 is 10.5 Å². The fourth-order valence-electron chi connectivity index (χ4n) is 2.17. The summed E-state index contributed by atoms with van der Waals surface area (Å²) in [6.45, 7) is -0.0431. The van der Waals surface area contributed by atoms with E-state index >= 15 is 0 Å². The number of hydrogen-bond donors (Lipinski definition) is 1. The van der Waals surface area contributed by atoms with Gasteiger partial charge in [0.1, 0.15) is 18.3 Å². The summed E-state index contributed by atoms with van der Waals surface area (Å²) >= 11 is 3.00. The number of aliphatic imine (C=N–C) groups is 1. The minimum absolute atomic E-state index is 0.268. The average Bonchev–Trinajstić information content (AvgIpc) is 2.36. The molecule has 2 atom stereocenters. The van der Waals surface area contributed by atoms with Crippen molar-refractivity contribution >= 4 is 21.8 Å². The second-order valence-corrected chi connectivity index (χ2v) is 5.60. The Morgan fingerprint density at radius 1 is 1.38 bits per heavy atom. The Kier molecular flexibility index (Phi) is 3.78. The Hall–Kier alpha value is -1.22. The lowest BCUT2D eigenvalue weighted by Gasteiger charge is -2.43. The number of alkyl halides is 4. The number of halogens is 6. The van der Waals surface area contributed by atoms with Crippen LogP contribution in [0.25, 0.3) is 0 Å². The highest BCUT2D eigenvalue weighted by Gasteiger charge is 2.71. The van der Waals surface area contributed by atoms with E-state index in [0.717, 1.165) is 19.1 Å². The van der Waals surface area contributed by atoms with Crippen LogP contribution in [0.2, 0.25) is 0 Å². The van der Waals surface area contributed by atoms with Crippen LogP contribution in [0.4, 0.5) is 22.0 Å². The Labute approximate surface area is 125 Å². The largest absolute Gasteiger partial charge is 0.451 e. The van der Waals surface area contributed by atoms with E-state index in [9.17, 15) is 22.0 Å². The van der Waals surface area contributed by atoms with Gasteiger partial charge in [0.05, 0.1) is 0 Å². The van der Waals surface area contributed by atoms with Crippen LogP contribution in [0, 0.1) is 5.82 Å². The molecule has 0 aromatic heterocycles. The van der Waals surface area contributed by atoms with Crippen molar-refractivity contribution < 1.29 is 26.7 Å². The first-order chi connectivity index (χ1) is 9.51. The first-order valence-corrected chi connectivity index (χ1v) is 6.50. The van der Waals surface area contributed by atoms with E-state index in [0.29, 0.717) is 0 Å². The average molecular weight is 373 g/mol. The van der Waals surface area contributed by atoms with Gasteiger partial charge in [-0.05, 0) is 25.1 Å². The zero-order valence-corrected chi connectivity index (χ0v) is 12.2. The predicted octanol–water partition coefficient (Wildman–Crippen LogP) is 3.42. The number of ether oxygens (including phenoxy) is 1. The molecular formula is C12H10BrF5N2O. The van der Waals surface area contributed by atoms with Crippen LogP contribution in [-0.4, -0.2) is 24.5 Å². The van der Waals surface area contributed by atoms with Gasteiger partial charge in [-0.25, -0.2) is 4.39 Å². The highest BCUT2D eigenvalue weighted by molar-refractivity contribution is 9.10. The summed E-state index contributed by atoms with van der Waals surface area (Å²) in [7, 11) is 0. The van der Waals surface area contributed by atoms with E-state index in [2.05, 4.69) is 25.7 Å². The Morgan fingerprint density at radius 3 is 2.57 bits per heavy atom. The molecule has 116 valence electrons. The van der Waals surface area contributed by atoms with Crippen molar-refractivity contribution in [2.75, 3.05) is 6.61 Å². The summed E-state index contributed by atoms with van der Waals surface area (Å²) in [4.78, 5) is 3.52. The zero-order chi connectivity index (χ0) is 16.1. The van der Waals surface area contributed by atoms with E-state index in [4.69, 9.17) is 5.73 Å². The van der Waals surface area contributed by atoms with Gasteiger partial charge in [0.25, 0.3) is 0 Å². The quantitative estimate of drug-likeness (QED) is 0.767. The van der Waals surface area contributed by atoms with Crippen LogP contribution >= 0.6 is 15.9 Å². The van der Waals surface area contributed by atoms with Gasteiger partial charge in [-0.3, -0.25) is 4.99 Å². The standard InChI is InChI=1S/C12H10BrF5N2O/c1-10(7-4-6(13)2-3-8(7)14)11(15,12(16,17)18)21-5-9(19)20-10/h2-4H,5H2,1H3,(H2,19,20)/t10-,11+/m0/s1. The Balaban J connectivity index is 2.74. The summed E-state index contributed by atoms with van der Waals surface area (Å²) in [5.41, 5.74) is 2.05. The highest BCUT2D eigenvalue weighted by atomic mass is 79.9. The lowest BCUT2D eigenvalue weighted by molar-refractivity contribution is -0.357. The number of rotatable bonds is 1. The van der Waals surface area contributed by atoms with Crippen LogP contribution in [0.3, 0.4) is 0 Å². The van der Waals surface area contributed by atoms with E-state index in [1.807, 2.05) is 0 Å². The van der Waals surface area contributed by atoms with Crippen molar-refractivity contribution in [1.29, 1.82) is 0 Å². The summed E-state index contributed by atoms with van der Waals surface area (Å²) < 4.78 is 72.5. The van der Waals surface area contributed by atoms with Crippen LogP contribution in [0.5, 0.6) is 0 Å². The number of hydrogen-bond acceptors (Lipinski definition) is 3. The van der Waals surface area contributed by atoms with Crippen LogP contribution in [0.15, 0.2) is 27.7 Å². The van der Waals surface area contributed by atoms with E-state index in [1.54, 1.807) is 0 Å². The van der Waals surface area contributed by atoms with E-state index in [-0.39, 0.29) is 10.3 Å². The monoisotopic (exact) mass is 372 g/mol. The molecule has 1 aliphatic rings. The molecule has 0 aliphatic carbocycles. The maximum atomic E-state index is 14.6. The fraction of sp³-hybridized carbons (Fsp3) is 0.417. The van der Waals surface area contributed by atoms with Crippen LogP contribution in [-0.2, 0) is 10.3 Å². The third-order valence-electron chi connectivity index (χ3n) is 3.23. The lowest BCUT2D eigenvalue weighted by atomic mass is 9.83. The van der Waals surface area contributed by atoms with Gasteiger partial charge in [0, 0.05) is 10.0 Å². The topological polar surface area (TPSA) is 47.6 Å². The fourth-order valence-corrected chi connectivity index (χ4v) is 2.53. The molecule has 1 aromatic carbocycles. The van der Waals surface area contributed by atoms with Gasteiger partial charge in [-0.15, -0.1) is 0 Å². The van der Waals surface area contributed by atoms with Crippen molar-refractivity contribution in [3.05, 3.63) is 34.1 Å². The van der Waals surface area contributed by atoms with Gasteiger partial charge in [-0.2, -0.15) is 17.6 Å². The first-order valence-electron chi connectivity index (χ1n) is 5.70. The third kappa shape index (κ3) is 2.42. The first kappa shape index (κ1) is 16.2. The summed E-state index contributed by atoms with van der Waals surface area (Å²) in [5.74, 6) is -5.59. The van der Waals surface area contributed by atoms with E-state index < -0.39 is 35.6 Å².